The average Bonchev–Trinajstić information content (AvgIpc) is 2.48. The molecule has 1 aromatic rings. The Kier molecular flexibility index (Phi) is 6.84. The Balaban J connectivity index is 2.20. The predicted octanol–water partition coefficient (Wildman–Crippen LogP) is 1.52. The third-order valence-corrected chi connectivity index (χ3v) is 2.76. The molecule has 1 rings (SSSR count). The first-order chi connectivity index (χ1) is 10.3. The number of rotatable bonds is 7. The lowest BCUT2D eigenvalue weighted by Gasteiger charge is -2.12. The van der Waals surface area contributed by atoms with Crippen molar-refractivity contribution in [1.82, 2.24) is 5.32 Å². The first-order valence-electron chi connectivity index (χ1n) is 6.62. The summed E-state index contributed by atoms with van der Waals surface area (Å²) in [6.45, 7) is -0.129. The van der Waals surface area contributed by atoms with E-state index in [4.69, 9.17) is 10.5 Å². The van der Waals surface area contributed by atoms with Crippen LogP contribution < -0.4 is 11.1 Å². The summed E-state index contributed by atoms with van der Waals surface area (Å²) in [5, 5.41) is 1.70. The number of halogens is 3. The molecule has 0 saturated carbocycles. The molecule has 122 valence electrons. The highest BCUT2D eigenvalue weighted by Crippen LogP contribution is 2.14. The Labute approximate surface area is 125 Å². The van der Waals surface area contributed by atoms with Gasteiger partial charge in [0.25, 0.3) is 0 Å². The monoisotopic (exact) mass is 318 g/mol. The normalized spacial score (nSPS) is 12.5. The first kappa shape index (κ1) is 18.0. The topological polar surface area (TPSA) is 81.4 Å². The fraction of sp³-hybridized carbons (Fsp3) is 0.429. The Morgan fingerprint density at radius 3 is 2.45 bits per heavy atom. The van der Waals surface area contributed by atoms with Crippen LogP contribution in [0.1, 0.15) is 18.4 Å². The minimum Gasteiger partial charge on any atom is -0.460 e. The summed E-state index contributed by atoms with van der Waals surface area (Å²) in [4.78, 5) is 22.1. The molecule has 0 fully saturated rings. The average molecular weight is 318 g/mol. The van der Waals surface area contributed by atoms with E-state index in [2.05, 4.69) is 0 Å². The molecule has 0 aliphatic rings. The van der Waals surface area contributed by atoms with Crippen LogP contribution in [0.15, 0.2) is 30.3 Å². The number of nitrogens with two attached hydrogens (primary N) is 1. The van der Waals surface area contributed by atoms with Gasteiger partial charge >= 0.3 is 18.1 Å². The molecule has 0 aliphatic carbocycles. The fourth-order valence-corrected chi connectivity index (χ4v) is 1.58. The zero-order valence-corrected chi connectivity index (χ0v) is 11.7. The maximum Gasteiger partial charge on any atom is 0.471 e. The van der Waals surface area contributed by atoms with E-state index in [0.29, 0.717) is 0 Å². The van der Waals surface area contributed by atoms with E-state index in [1.807, 2.05) is 6.07 Å². The Bertz CT molecular complexity index is 492. The van der Waals surface area contributed by atoms with Crippen LogP contribution in [0.25, 0.3) is 0 Å². The summed E-state index contributed by atoms with van der Waals surface area (Å²) in [6.07, 6.45) is -4.65. The highest BCUT2D eigenvalue weighted by atomic mass is 19.4. The minimum atomic E-state index is -4.91. The van der Waals surface area contributed by atoms with Crippen LogP contribution in [0.2, 0.25) is 0 Å². The van der Waals surface area contributed by atoms with Crippen molar-refractivity contribution < 1.29 is 27.5 Å². The van der Waals surface area contributed by atoms with E-state index < -0.39 is 24.1 Å². The summed E-state index contributed by atoms with van der Waals surface area (Å²) >= 11 is 0. The molecule has 0 radical (unpaired) electrons. The standard InChI is InChI=1S/C14H17F3N2O3/c15-14(16,17)13(21)19-8-4-7-11(18)12(20)22-9-10-5-2-1-3-6-10/h1-3,5-6,11H,4,7-9,18H2,(H,19,21)/t11-/m0/s1. The molecular formula is C14H17F3N2O3. The van der Waals surface area contributed by atoms with Crippen LogP contribution in [0.5, 0.6) is 0 Å². The van der Waals surface area contributed by atoms with Gasteiger partial charge < -0.3 is 15.8 Å². The van der Waals surface area contributed by atoms with Crippen molar-refractivity contribution in [2.75, 3.05) is 6.54 Å². The number of ether oxygens (including phenoxy) is 1. The number of hydrogen-bond acceptors (Lipinski definition) is 4. The SMILES string of the molecule is N[C@@H](CCCNC(=O)C(F)(F)F)C(=O)OCc1ccccc1. The van der Waals surface area contributed by atoms with Gasteiger partial charge in [-0.25, -0.2) is 0 Å². The van der Waals surface area contributed by atoms with Gasteiger partial charge in [0.15, 0.2) is 0 Å². The van der Waals surface area contributed by atoms with Crippen LogP contribution in [0.4, 0.5) is 13.2 Å². The molecule has 0 aromatic heterocycles. The quantitative estimate of drug-likeness (QED) is 0.590. The van der Waals surface area contributed by atoms with E-state index in [1.165, 1.54) is 0 Å². The van der Waals surface area contributed by atoms with Gasteiger partial charge in [0.1, 0.15) is 12.6 Å². The van der Waals surface area contributed by atoms with E-state index in [-0.39, 0.29) is 26.0 Å². The van der Waals surface area contributed by atoms with Crippen molar-refractivity contribution in [1.29, 1.82) is 0 Å². The zero-order valence-electron chi connectivity index (χ0n) is 11.7. The molecule has 3 N–H and O–H groups in total. The molecule has 0 aliphatic heterocycles. The summed E-state index contributed by atoms with van der Waals surface area (Å²) in [5.74, 6) is -2.64. The van der Waals surface area contributed by atoms with Crippen LogP contribution >= 0.6 is 0 Å². The summed E-state index contributed by atoms with van der Waals surface area (Å²) in [7, 11) is 0. The third kappa shape index (κ3) is 6.57. The maximum absolute atomic E-state index is 11.9. The van der Waals surface area contributed by atoms with Crippen molar-refractivity contribution in [3.8, 4) is 0 Å². The largest absolute Gasteiger partial charge is 0.471 e. The molecule has 0 spiro atoms. The number of nitrogens with one attached hydrogen (secondary N) is 1. The fourth-order valence-electron chi connectivity index (χ4n) is 1.58. The van der Waals surface area contributed by atoms with E-state index >= 15 is 0 Å². The van der Waals surface area contributed by atoms with Crippen LogP contribution in [0.3, 0.4) is 0 Å². The minimum absolute atomic E-state index is 0.0815. The van der Waals surface area contributed by atoms with E-state index in [9.17, 15) is 22.8 Å². The van der Waals surface area contributed by atoms with E-state index in [0.717, 1.165) is 5.56 Å². The Hall–Kier alpha value is -2.09. The molecule has 5 nitrogen and oxygen atoms in total. The second-order valence-electron chi connectivity index (χ2n) is 4.60. The van der Waals surface area contributed by atoms with Crippen LogP contribution in [-0.2, 0) is 20.9 Å². The number of alkyl halides is 3. The van der Waals surface area contributed by atoms with Crippen molar-refractivity contribution in [3.05, 3.63) is 35.9 Å². The summed E-state index contributed by atoms with van der Waals surface area (Å²) in [6, 6.07) is 8.05. The van der Waals surface area contributed by atoms with Gasteiger partial charge in [0.2, 0.25) is 0 Å². The second kappa shape index (κ2) is 8.38. The van der Waals surface area contributed by atoms with Gasteiger partial charge in [-0.3, -0.25) is 9.59 Å². The van der Waals surface area contributed by atoms with Gasteiger partial charge in [-0.1, -0.05) is 30.3 Å². The predicted molar refractivity (Wildman–Crippen MR) is 72.5 cm³/mol. The van der Waals surface area contributed by atoms with Gasteiger partial charge in [-0.2, -0.15) is 13.2 Å². The molecule has 0 bridgehead atoms. The lowest BCUT2D eigenvalue weighted by molar-refractivity contribution is -0.173. The molecule has 0 saturated heterocycles. The van der Waals surface area contributed by atoms with Gasteiger partial charge in [-0.05, 0) is 18.4 Å². The van der Waals surface area contributed by atoms with Crippen molar-refractivity contribution in [2.45, 2.75) is 31.7 Å². The maximum atomic E-state index is 11.9. The number of esters is 1. The van der Waals surface area contributed by atoms with Gasteiger partial charge in [-0.15, -0.1) is 0 Å². The molecular weight excluding hydrogens is 301 g/mol. The lowest BCUT2D eigenvalue weighted by atomic mass is 10.1. The van der Waals surface area contributed by atoms with Crippen LogP contribution in [-0.4, -0.2) is 30.6 Å². The van der Waals surface area contributed by atoms with E-state index in [1.54, 1.807) is 29.6 Å². The van der Waals surface area contributed by atoms with Crippen LogP contribution in [0, 0.1) is 0 Å². The number of benzene rings is 1. The molecule has 1 atom stereocenters. The Morgan fingerprint density at radius 1 is 1.23 bits per heavy atom. The molecule has 8 heteroatoms. The van der Waals surface area contributed by atoms with Crippen molar-refractivity contribution >= 4 is 11.9 Å². The number of amides is 1. The highest BCUT2D eigenvalue weighted by Gasteiger charge is 2.38. The second-order valence-corrected chi connectivity index (χ2v) is 4.60. The Morgan fingerprint density at radius 2 is 1.86 bits per heavy atom. The third-order valence-electron chi connectivity index (χ3n) is 2.76. The smallest absolute Gasteiger partial charge is 0.460 e. The lowest BCUT2D eigenvalue weighted by Crippen LogP contribution is -2.38. The molecule has 1 amide bonds. The summed E-state index contributed by atoms with van der Waals surface area (Å²) < 4.78 is 40.7. The number of carbonyl (C=O) groups is 2. The summed E-state index contributed by atoms with van der Waals surface area (Å²) in [5.41, 5.74) is 6.38. The number of carbonyl (C=O) groups excluding carboxylic acids is 2. The first-order valence-corrected chi connectivity index (χ1v) is 6.62. The van der Waals surface area contributed by atoms with Gasteiger partial charge in [0, 0.05) is 6.54 Å². The van der Waals surface area contributed by atoms with Gasteiger partial charge in [0.05, 0.1) is 0 Å². The number of hydrogen-bond donors (Lipinski definition) is 2. The molecule has 0 heterocycles. The molecule has 0 unspecified atom stereocenters. The van der Waals surface area contributed by atoms with Crippen molar-refractivity contribution in [3.63, 3.8) is 0 Å². The highest BCUT2D eigenvalue weighted by molar-refractivity contribution is 5.81. The molecule has 22 heavy (non-hydrogen) atoms. The van der Waals surface area contributed by atoms with Crippen molar-refractivity contribution in [2.24, 2.45) is 5.73 Å². The molecule has 1 aromatic carbocycles. The zero-order chi connectivity index (χ0) is 16.6.